The van der Waals surface area contributed by atoms with Gasteiger partial charge in [0, 0.05) is 36.5 Å². The van der Waals surface area contributed by atoms with E-state index in [1.807, 2.05) is 37.8 Å². The lowest BCUT2D eigenvalue weighted by molar-refractivity contribution is -0.140. The van der Waals surface area contributed by atoms with Gasteiger partial charge in [-0.3, -0.25) is 9.59 Å². The van der Waals surface area contributed by atoms with Crippen LogP contribution in [0.4, 0.5) is 4.39 Å². The Labute approximate surface area is 157 Å². The molecular weight excluding hydrogens is 351 g/mol. The molecule has 0 unspecified atom stereocenters. The standard InChI is InChI=1S/C20H23FN2O2S/c1-20(2,3)19(25)23-12-10-22(11-13-23)18(24)17-9-8-16(26-17)14-4-6-15(21)7-5-14/h4-9H,10-13H2,1-3H3. The van der Waals surface area contributed by atoms with Gasteiger partial charge in [0.25, 0.3) is 5.91 Å². The van der Waals surface area contributed by atoms with Crippen molar-refractivity contribution >= 4 is 23.2 Å². The highest BCUT2D eigenvalue weighted by Crippen LogP contribution is 2.29. The third-order valence-electron chi connectivity index (χ3n) is 4.44. The Morgan fingerprint density at radius 3 is 2.08 bits per heavy atom. The van der Waals surface area contributed by atoms with Crippen molar-refractivity contribution in [3.63, 3.8) is 0 Å². The van der Waals surface area contributed by atoms with Gasteiger partial charge in [-0.05, 0) is 29.8 Å². The molecule has 2 aromatic rings. The van der Waals surface area contributed by atoms with Gasteiger partial charge in [0.15, 0.2) is 0 Å². The number of nitrogens with zero attached hydrogens (tertiary/aromatic N) is 2. The minimum Gasteiger partial charge on any atom is -0.339 e. The molecule has 0 aliphatic carbocycles. The van der Waals surface area contributed by atoms with E-state index >= 15 is 0 Å². The van der Waals surface area contributed by atoms with Crippen LogP contribution < -0.4 is 0 Å². The van der Waals surface area contributed by atoms with Crippen LogP contribution in [-0.4, -0.2) is 47.8 Å². The maximum atomic E-state index is 13.1. The first kappa shape index (κ1) is 18.6. The number of benzene rings is 1. The molecule has 4 nitrogen and oxygen atoms in total. The maximum Gasteiger partial charge on any atom is 0.264 e. The molecule has 1 fully saturated rings. The molecule has 2 amide bonds. The fourth-order valence-corrected chi connectivity index (χ4v) is 3.94. The third kappa shape index (κ3) is 3.96. The van der Waals surface area contributed by atoms with Gasteiger partial charge in [-0.2, -0.15) is 0 Å². The molecule has 6 heteroatoms. The number of hydrogen-bond donors (Lipinski definition) is 0. The summed E-state index contributed by atoms with van der Waals surface area (Å²) in [6.45, 7) is 7.96. The molecule has 1 aromatic heterocycles. The van der Waals surface area contributed by atoms with Gasteiger partial charge in [0.05, 0.1) is 4.88 Å². The van der Waals surface area contributed by atoms with E-state index in [0.29, 0.717) is 31.1 Å². The Hall–Kier alpha value is -2.21. The SMILES string of the molecule is CC(C)(C)C(=O)N1CCN(C(=O)c2ccc(-c3ccc(F)cc3)s2)CC1. The molecule has 1 aromatic carbocycles. The molecule has 0 saturated carbocycles. The average molecular weight is 374 g/mol. The van der Waals surface area contributed by atoms with Crippen molar-refractivity contribution in [2.45, 2.75) is 20.8 Å². The molecule has 2 heterocycles. The molecule has 0 N–H and O–H groups in total. The van der Waals surface area contributed by atoms with Gasteiger partial charge in [-0.25, -0.2) is 4.39 Å². The van der Waals surface area contributed by atoms with Crippen LogP contribution in [0.5, 0.6) is 0 Å². The van der Waals surface area contributed by atoms with Crippen molar-refractivity contribution in [2.24, 2.45) is 5.41 Å². The van der Waals surface area contributed by atoms with E-state index in [2.05, 4.69) is 0 Å². The smallest absolute Gasteiger partial charge is 0.264 e. The van der Waals surface area contributed by atoms with Crippen molar-refractivity contribution in [1.29, 1.82) is 0 Å². The summed E-state index contributed by atoms with van der Waals surface area (Å²) in [5.41, 5.74) is 0.500. The number of amides is 2. The van der Waals surface area contributed by atoms with Gasteiger partial charge >= 0.3 is 0 Å². The Morgan fingerprint density at radius 1 is 0.923 bits per heavy atom. The molecule has 1 saturated heterocycles. The third-order valence-corrected chi connectivity index (χ3v) is 5.56. The van der Waals surface area contributed by atoms with Crippen molar-refractivity contribution in [1.82, 2.24) is 9.80 Å². The van der Waals surface area contributed by atoms with Gasteiger partial charge in [-0.1, -0.05) is 32.9 Å². The lowest BCUT2D eigenvalue weighted by Gasteiger charge is -2.37. The molecule has 1 aliphatic rings. The number of thiophene rings is 1. The maximum absolute atomic E-state index is 13.1. The minimum atomic E-state index is -0.399. The Morgan fingerprint density at radius 2 is 1.50 bits per heavy atom. The number of hydrogen-bond acceptors (Lipinski definition) is 3. The fourth-order valence-electron chi connectivity index (χ4n) is 2.96. The summed E-state index contributed by atoms with van der Waals surface area (Å²) in [6.07, 6.45) is 0. The van der Waals surface area contributed by atoms with Crippen LogP contribution in [0, 0.1) is 11.2 Å². The Kier molecular flexibility index (Phi) is 5.14. The van der Waals surface area contributed by atoms with Crippen LogP contribution >= 0.6 is 11.3 Å². The molecule has 26 heavy (non-hydrogen) atoms. The van der Waals surface area contributed by atoms with Crippen LogP contribution in [0.1, 0.15) is 30.4 Å². The van der Waals surface area contributed by atoms with Gasteiger partial charge in [-0.15, -0.1) is 11.3 Å². The lowest BCUT2D eigenvalue weighted by atomic mass is 9.94. The van der Waals surface area contributed by atoms with Gasteiger partial charge < -0.3 is 9.80 Å². The van der Waals surface area contributed by atoms with E-state index in [1.54, 1.807) is 17.0 Å². The zero-order valence-electron chi connectivity index (χ0n) is 15.3. The topological polar surface area (TPSA) is 40.6 Å². The monoisotopic (exact) mass is 374 g/mol. The quantitative estimate of drug-likeness (QED) is 0.800. The van der Waals surface area contributed by atoms with Crippen LogP contribution in [0.25, 0.3) is 10.4 Å². The zero-order valence-corrected chi connectivity index (χ0v) is 16.1. The van der Waals surface area contributed by atoms with Gasteiger partial charge in [0.2, 0.25) is 5.91 Å². The summed E-state index contributed by atoms with van der Waals surface area (Å²) < 4.78 is 13.1. The first-order valence-electron chi connectivity index (χ1n) is 8.70. The molecule has 1 aliphatic heterocycles. The summed E-state index contributed by atoms with van der Waals surface area (Å²) in [7, 11) is 0. The lowest BCUT2D eigenvalue weighted by Crippen LogP contribution is -2.52. The van der Waals surface area contributed by atoms with E-state index in [4.69, 9.17) is 0 Å². The second kappa shape index (κ2) is 7.19. The predicted molar refractivity (Wildman–Crippen MR) is 102 cm³/mol. The summed E-state index contributed by atoms with van der Waals surface area (Å²) >= 11 is 1.41. The summed E-state index contributed by atoms with van der Waals surface area (Å²) in [5.74, 6) is -0.158. The zero-order chi connectivity index (χ0) is 18.9. The second-order valence-corrected chi connectivity index (χ2v) is 8.59. The van der Waals surface area contributed by atoms with Crippen LogP contribution in [-0.2, 0) is 4.79 Å². The van der Waals surface area contributed by atoms with Crippen LogP contribution in [0.15, 0.2) is 36.4 Å². The van der Waals surface area contributed by atoms with Crippen molar-refractivity contribution in [3.05, 3.63) is 47.1 Å². The number of rotatable bonds is 2. The molecule has 0 atom stereocenters. The normalized spacial score (nSPS) is 15.2. The molecule has 0 spiro atoms. The first-order chi connectivity index (χ1) is 12.3. The highest BCUT2D eigenvalue weighted by atomic mass is 32.1. The van der Waals surface area contributed by atoms with E-state index in [-0.39, 0.29) is 17.6 Å². The Balaban J connectivity index is 1.64. The number of carbonyl (C=O) groups is 2. The first-order valence-corrected chi connectivity index (χ1v) is 9.52. The molecular formula is C20H23FN2O2S. The van der Waals surface area contributed by atoms with E-state index < -0.39 is 5.41 Å². The number of halogens is 1. The molecule has 0 radical (unpaired) electrons. The van der Waals surface area contributed by atoms with Crippen molar-refractivity contribution in [2.75, 3.05) is 26.2 Å². The van der Waals surface area contributed by atoms with Gasteiger partial charge in [0.1, 0.15) is 5.82 Å². The Bertz CT molecular complexity index is 800. The highest BCUT2D eigenvalue weighted by molar-refractivity contribution is 7.17. The summed E-state index contributed by atoms with van der Waals surface area (Å²) in [6, 6.07) is 9.98. The molecule has 138 valence electrons. The second-order valence-electron chi connectivity index (χ2n) is 7.51. The minimum absolute atomic E-state index is 0.00813. The average Bonchev–Trinajstić information content (AvgIpc) is 3.10. The summed E-state index contributed by atoms with van der Waals surface area (Å²) in [5, 5.41) is 0. The molecule has 3 rings (SSSR count). The number of carbonyl (C=O) groups excluding carboxylic acids is 2. The highest BCUT2D eigenvalue weighted by Gasteiger charge is 2.31. The van der Waals surface area contributed by atoms with E-state index in [9.17, 15) is 14.0 Å². The largest absolute Gasteiger partial charge is 0.339 e. The molecule has 0 bridgehead atoms. The van der Waals surface area contributed by atoms with Crippen molar-refractivity contribution < 1.29 is 14.0 Å². The van der Waals surface area contributed by atoms with E-state index in [0.717, 1.165) is 10.4 Å². The van der Waals surface area contributed by atoms with Crippen LogP contribution in [0.2, 0.25) is 0 Å². The van der Waals surface area contributed by atoms with Crippen LogP contribution in [0.3, 0.4) is 0 Å². The fraction of sp³-hybridized carbons (Fsp3) is 0.400. The predicted octanol–water partition coefficient (Wildman–Crippen LogP) is 3.88. The van der Waals surface area contributed by atoms with E-state index in [1.165, 1.54) is 23.5 Å². The number of piperazine rings is 1. The van der Waals surface area contributed by atoms with Crippen molar-refractivity contribution in [3.8, 4) is 10.4 Å². The summed E-state index contributed by atoms with van der Waals surface area (Å²) in [4.78, 5) is 30.3.